The SMILES string of the molecule is CCc1c(C)c2cc3[nH]c(cc4nc(cc5nc(cc1[nH]2)C(C)=C5CCC(=O)O)C(CCC(=O)O)=C4C)c(C)c3CC.O=CO.O=CO. The number of carbonyl (C=O) groups is 4. The summed E-state index contributed by atoms with van der Waals surface area (Å²) in [6.07, 6.45) is 2.37. The fourth-order valence-electron chi connectivity index (χ4n) is 6.22. The van der Waals surface area contributed by atoms with Gasteiger partial charge in [-0.25, -0.2) is 9.97 Å². The first-order chi connectivity index (χ1) is 22.8. The standard InChI is InChI=1S/C34H38N4O4.2CH2O2/c1-7-21-17(3)25-13-26-19(5)23(9-11-33(39)40)31(37-26)16-32-24(10-12-34(41)42)20(6)28(38-32)15-30-22(8-2)18(4)27(36-30)14-29(21)35-25;2*2-1-3/h13-16,35-36H,7-12H2,1-6H3,(H,39,40)(H,41,42);2*1H,(H,2,3). The van der Waals surface area contributed by atoms with Crippen molar-refractivity contribution in [2.45, 2.75) is 80.1 Å². The molecule has 5 heterocycles. The van der Waals surface area contributed by atoms with Crippen molar-refractivity contribution < 1.29 is 39.6 Å². The molecule has 8 bridgehead atoms. The second kappa shape index (κ2) is 16.3. The van der Waals surface area contributed by atoms with E-state index in [1.54, 1.807) is 0 Å². The van der Waals surface area contributed by atoms with Crippen molar-refractivity contribution in [2.75, 3.05) is 0 Å². The third kappa shape index (κ3) is 8.06. The molecule has 5 rings (SSSR count). The summed E-state index contributed by atoms with van der Waals surface area (Å²) < 4.78 is 0. The quantitative estimate of drug-likeness (QED) is 0.136. The van der Waals surface area contributed by atoms with Crippen molar-refractivity contribution in [3.63, 3.8) is 0 Å². The van der Waals surface area contributed by atoms with Crippen LogP contribution in [0, 0.1) is 13.8 Å². The van der Waals surface area contributed by atoms with Crippen molar-refractivity contribution >= 4 is 69.2 Å². The molecule has 0 saturated carbocycles. The van der Waals surface area contributed by atoms with Gasteiger partial charge in [-0.3, -0.25) is 19.2 Å². The first-order valence-corrected chi connectivity index (χ1v) is 15.6. The third-order valence-electron chi connectivity index (χ3n) is 8.69. The molecule has 0 radical (unpaired) electrons. The zero-order valence-electron chi connectivity index (χ0n) is 28.0. The molecule has 0 aromatic carbocycles. The number of carboxylic acids is 2. The van der Waals surface area contributed by atoms with E-state index < -0.39 is 11.9 Å². The number of aliphatic carboxylic acids is 2. The Hall–Kier alpha value is -5.52. The van der Waals surface area contributed by atoms with E-state index in [2.05, 4.69) is 49.8 Å². The molecule has 0 atom stereocenters. The Balaban J connectivity index is 0.000000969. The van der Waals surface area contributed by atoms with Gasteiger partial charge in [0, 0.05) is 34.9 Å². The summed E-state index contributed by atoms with van der Waals surface area (Å²) in [4.78, 5) is 57.1. The van der Waals surface area contributed by atoms with Gasteiger partial charge in [-0.1, -0.05) is 13.8 Å². The summed E-state index contributed by atoms with van der Waals surface area (Å²) in [5.74, 6) is -1.74. The molecular weight excluding hydrogens is 616 g/mol. The van der Waals surface area contributed by atoms with Gasteiger partial charge < -0.3 is 30.4 Å². The number of carboxylic acid groups (broad SMARTS) is 4. The highest BCUT2D eigenvalue weighted by Gasteiger charge is 2.22. The van der Waals surface area contributed by atoms with Gasteiger partial charge >= 0.3 is 11.9 Å². The lowest BCUT2D eigenvalue weighted by Gasteiger charge is -2.05. The van der Waals surface area contributed by atoms with Gasteiger partial charge in [0.2, 0.25) is 0 Å². The zero-order chi connectivity index (χ0) is 35.7. The van der Waals surface area contributed by atoms with Crippen molar-refractivity contribution in [2.24, 2.45) is 0 Å². The lowest BCUT2D eigenvalue weighted by Crippen LogP contribution is -1.97. The molecule has 0 spiro atoms. The molecule has 48 heavy (non-hydrogen) atoms. The van der Waals surface area contributed by atoms with Crippen molar-refractivity contribution in [1.82, 2.24) is 19.9 Å². The van der Waals surface area contributed by atoms with Crippen molar-refractivity contribution in [1.29, 1.82) is 0 Å². The van der Waals surface area contributed by atoms with Crippen molar-refractivity contribution in [3.05, 3.63) is 69.3 Å². The van der Waals surface area contributed by atoms with E-state index in [0.717, 1.165) is 74.2 Å². The monoisotopic (exact) mass is 658 g/mol. The smallest absolute Gasteiger partial charge is 0.303 e. The number of hydrogen-bond acceptors (Lipinski definition) is 6. The number of allylic oxidation sites excluding steroid dienone is 4. The van der Waals surface area contributed by atoms with Gasteiger partial charge in [0.25, 0.3) is 12.9 Å². The molecule has 6 N–H and O–H groups in total. The maximum absolute atomic E-state index is 11.5. The Morgan fingerprint density at radius 2 is 0.979 bits per heavy atom. The largest absolute Gasteiger partial charge is 0.483 e. The Morgan fingerprint density at radius 3 is 1.35 bits per heavy atom. The lowest BCUT2D eigenvalue weighted by molar-refractivity contribution is -0.137. The Labute approximate surface area is 277 Å². The molecule has 12 nitrogen and oxygen atoms in total. The second-order valence-electron chi connectivity index (χ2n) is 11.4. The van der Waals surface area contributed by atoms with Gasteiger partial charge in [-0.05, 0) is 122 Å². The molecule has 0 unspecified atom stereocenters. The van der Waals surface area contributed by atoms with Gasteiger partial charge in [0.05, 0.1) is 22.8 Å². The minimum Gasteiger partial charge on any atom is -0.483 e. The van der Waals surface area contributed by atoms with Crippen LogP contribution in [0.25, 0.3) is 44.4 Å². The molecule has 2 aliphatic rings. The van der Waals surface area contributed by atoms with Crippen LogP contribution in [0.4, 0.5) is 0 Å². The number of aromatic nitrogens is 4. The van der Waals surface area contributed by atoms with Crippen LogP contribution in [-0.4, -0.2) is 65.2 Å². The number of hydrogen-bond donors (Lipinski definition) is 6. The third-order valence-corrected chi connectivity index (χ3v) is 8.69. The normalized spacial score (nSPS) is 12.1. The molecule has 0 saturated heterocycles. The highest BCUT2D eigenvalue weighted by atomic mass is 16.4. The van der Waals surface area contributed by atoms with Gasteiger partial charge in [0.15, 0.2) is 0 Å². The Kier molecular flexibility index (Phi) is 12.6. The molecular formula is C36H42N4O8. The number of rotatable bonds is 8. The van der Waals surface area contributed by atoms with Crippen LogP contribution in [0.2, 0.25) is 0 Å². The summed E-state index contributed by atoms with van der Waals surface area (Å²) in [6.45, 7) is 12.0. The molecule has 12 heteroatoms. The van der Waals surface area contributed by atoms with Crippen LogP contribution >= 0.6 is 0 Å². The molecule has 0 fully saturated rings. The first kappa shape index (κ1) is 36.9. The lowest BCUT2D eigenvalue weighted by atomic mass is 9.98. The van der Waals surface area contributed by atoms with E-state index in [1.165, 1.54) is 16.7 Å². The number of nitrogens with zero attached hydrogens (tertiary/aromatic N) is 2. The summed E-state index contributed by atoms with van der Waals surface area (Å²) in [6, 6.07) is 8.19. The van der Waals surface area contributed by atoms with Crippen LogP contribution in [0.3, 0.4) is 0 Å². The van der Waals surface area contributed by atoms with Gasteiger partial charge in [0.1, 0.15) is 0 Å². The number of aromatic amines is 2. The molecule has 0 amide bonds. The molecule has 3 aromatic rings. The summed E-state index contributed by atoms with van der Waals surface area (Å²) in [5, 5.41) is 32.7. The van der Waals surface area contributed by atoms with Crippen molar-refractivity contribution in [3.8, 4) is 0 Å². The topological polar surface area (TPSA) is 207 Å². The van der Waals surface area contributed by atoms with E-state index in [1.807, 2.05) is 26.0 Å². The van der Waals surface area contributed by atoms with E-state index in [9.17, 15) is 19.8 Å². The number of nitrogens with one attached hydrogen (secondary N) is 2. The average Bonchev–Trinajstić information content (AvgIpc) is 3.68. The minimum absolute atomic E-state index is 0.0138. The van der Waals surface area contributed by atoms with E-state index in [0.29, 0.717) is 24.2 Å². The minimum atomic E-state index is -0.869. The predicted molar refractivity (Wildman–Crippen MR) is 185 cm³/mol. The number of H-pyrrole nitrogens is 2. The predicted octanol–water partition coefficient (Wildman–Crippen LogP) is 7.05. The van der Waals surface area contributed by atoms with Crippen LogP contribution in [-0.2, 0) is 32.0 Å². The van der Waals surface area contributed by atoms with Crippen LogP contribution in [0.1, 0.15) is 98.4 Å². The number of fused-ring (bicyclic) bond motifs is 8. The highest BCUT2D eigenvalue weighted by molar-refractivity contribution is 5.96. The van der Waals surface area contributed by atoms with Crippen LogP contribution in [0.5, 0.6) is 0 Å². The molecule has 2 aliphatic heterocycles. The fraction of sp³-hybridized carbons (Fsp3) is 0.333. The zero-order valence-corrected chi connectivity index (χ0v) is 28.0. The maximum atomic E-state index is 11.5. The van der Waals surface area contributed by atoms with Crippen LogP contribution < -0.4 is 0 Å². The second-order valence-corrected chi connectivity index (χ2v) is 11.4. The fourth-order valence-corrected chi connectivity index (χ4v) is 6.22. The number of aryl methyl sites for hydroxylation is 4. The highest BCUT2D eigenvalue weighted by Crippen LogP contribution is 2.38. The summed E-state index contributed by atoms with van der Waals surface area (Å²) in [5.41, 5.74) is 15.4. The van der Waals surface area contributed by atoms with E-state index in [-0.39, 0.29) is 25.8 Å². The first-order valence-electron chi connectivity index (χ1n) is 15.6. The molecule has 3 aromatic heterocycles. The molecule has 254 valence electrons. The van der Waals surface area contributed by atoms with E-state index in [4.69, 9.17) is 29.8 Å². The average molecular weight is 659 g/mol. The van der Waals surface area contributed by atoms with Crippen LogP contribution in [0.15, 0.2) is 24.3 Å². The maximum Gasteiger partial charge on any atom is 0.303 e. The summed E-state index contributed by atoms with van der Waals surface area (Å²) >= 11 is 0. The Bertz CT molecular complexity index is 1960. The summed E-state index contributed by atoms with van der Waals surface area (Å²) in [7, 11) is 0. The Morgan fingerprint density at radius 1 is 0.625 bits per heavy atom. The van der Waals surface area contributed by atoms with Gasteiger partial charge in [-0.15, -0.1) is 0 Å². The van der Waals surface area contributed by atoms with E-state index >= 15 is 0 Å². The van der Waals surface area contributed by atoms with Gasteiger partial charge in [-0.2, -0.15) is 0 Å². The molecule has 0 aliphatic carbocycles.